The number of H-pyrrole nitrogens is 1. The van der Waals surface area contributed by atoms with E-state index in [0.717, 1.165) is 29.4 Å². The van der Waals surface area contributed by atoms with Crippen molar-refractivity contribution in [3.8, 4) is 5.75 Å². The van der Waals surface area contributed by atoms with Gasteiger partial charge in [0, 0.05) is 24.8 Å². The number of benzene rings is 2. The van der Waals surface area contributed by atoms with Crippen LogP contribution in [0.5, 0.6) is 5.75 Å². The Morgan fingerprint density at radius 2 is 1.86 bits per heavy atom. The van der Waals surface area contributed by atoms with Crippen LogP contribution in [0.4, 0.5) is 5.69 Å². The molecule has 0 amide bonds. The molecule has 2 aliphatic rings. The molecule has 3 aromatic rings. The molecule has 5 rings (SSSR count). The number of carbonyl (C=O) groups is 1. The van der Waals surface area contributed by atoms with Crippen molar-refractivity contribution in [3.63, 3.8) is 0 Å². The van der Waals surface area contributed by atoms with Crippen LogP contribution < -0.4 is 21.7 Å². The molecule has 2 unspecified atom stereocenters. The quantitative estimate of drug-likeness (QED) is 0.342. The first-order valence-electron chi connectivity index (χ1n) is 13.7. The second-order valence-corrected chi connectivity index (χ2v) is 10.3. The number of aromatic nitrogens is 3. The molecule has 1 N–H and O–H groups in total. The highest BCUT2D eigenvalue weighted by Crippen LogP contribution is 2.24. The number of hydrogen-bond donors (Lipinski definition) is 1. The molecule has 0 aliphatic carbocycles. The summed E-state index contributed by atoms with van der Waals surface area (Å²) in [5.74, 6) is -0.109. The van der Waals surface area contributed by atoms with Gasteiger partial charge in [-0.3, -0.25) is 9.55 Å². The van der Waals surface area contributed by atoms with E-state index in [9.17, 15) is 14.4 Å². The maximum atomic E-state index is 13.6. The predicted molar refractivity (Wildman–Crippen MR) is 154 cm³/mol. The number of likely N-dealkylation sites (N-methyl/N-ethyl adjacent to an activating group) is 1. The van der Waals surface area contributed by atoms with Crippen LogP contribution in [-0.4, -0.2) is 65.0 Å². The van der Waals surface area contributed by atoms with Crippen LogP contribution in [-0.2, 0) is 36.9 Å². The lowest BCUT2D eigenvalue weighted by Gasteiger charge is -2.22. The lowest BCUT2D eigenvalue weighted by molar-refractivity contribution is -0.164. The average molecular weight is 614 g/mol. The Kier molecular flexibility index (Phi) is 9.77. The van der Waals surface area contributed by atoms with E-state index in [2.05, 4.69) is 14.7 Å². The molecule has 3 heterocycles. The van der Waals surface area contributed by atoms with E-state index in [-0.39, 0.29) is 37.4 Å². The lowest BCUT2D eigenvalue weighted by Crippen LogP contribution is -2.50. The number of nitrogens with zero attached hydrogens (tertiary/aromatic N) is 4. The number of aromatic amines is 1. The van der Waals surface area contributed by atoms with Gasteiger partial charge in [-0.2, -0.15) is 0 Å². The first-order valence-corrected chi connectivity index (χ1v) is 14.1. The molecule has 2 atom stereocenters. The SMILES string of the molecule is COC(=O)C1=CC(Oc2ccc(/N=c3\[nH]c(=O)n(CCOC4CCCCO4)c(=O)n3Cc3ccc(Cl)cc3)cc2)N(C)O1. The minimum absolute atomic E-state index is 0.0273. The molecule has 0 saturated carbocycles. The van der Waals surface area contributed by atoms with Crippen LogP contribution in [0, 0.1) is 0 Å². The number of nitrogens with one attached hydrogen (secondary N) is 1. The summed E-state index contributed by atoms with van der Waals surface area (Å²) in [5, 5.41) is 1.94. The maximum Gasteiger partial charge on any atom is 0.375 e. The zero-order valence-corrected chi connectivity index (χ0v) is 24.5. The Bertz CT molecular complexity index is 1640. The molecule has 0 radical (unpaired) electrons. The van der Waals surface area contributed by atoms with Crippen molar-refractivity contribution in [1.82, 2.24) is 19.2 Å². The van der Waals surface area contributed by atoms with Gasteiger partial charge in [0.2, 0.25) is 17.6 Å². The van der Waals surface area contributed by atoms with Gasteiger partial charge in [0.15, 0.2) is 6.29 Å². The Labute approximate surface area is 251 Å². The van der Waals surface area contributed by atoms with Crippen LogP contribution in [0.25, 0.3) is 0 Å². The maximum absolute atomic E-state index is 13.6. The molecule has 1 aromatic heterocycles. The standard InChI is InChI=1S/C29H32ClN5O8/c1-33-24(17-23(43-33)26(36)39-2)42-22-12-10-21(11-13-22)31-27-32-28(37)34(14-16-41-25-5-3-4-15-40-25)29(38)35(27)18-19-6-8-20(30)9-7-19/h6-13,17,24-25H,3-5,14-16,18H2,1-2H3,(H,31,32,37). The number of halogens is 1. The van der Waals surface area contributed by atoms with Gasteiger partial charge in [0.25, 0.3) is 0 Å². The molecule has 14 heteroatoms. The van der Waals surface area contributed by atoms with Crippen molar-refractivity contribution in [3.05, 3.63) is 97.5 Å². The van der Waals surface area contributed by atoms with E-state index in [4.69, 9.17) is 30.6 Å². The molecule has 2 aromatic carbocycles. The summed E-state index contributed by atoms with van der Waals surface area (Å²) < 4.78 is 24.4. The molecular weight excluding hydrogens is 582 g/mol. The highest BCUT2D eigenvalue weighted by molar-refractivity contribution is 6.30. The molecule has 0 spiro atoms. The summed E-state index contributed by atoms with van der Waals surface area (Å²) in [5.41, 5.74) is 0.176. The normalized spacial score (nSPS) is 19.1. The molecule has 43 heavy (non-hydrogen) atoms. The van der Waals surface area contributed by atoms with Gasteiger partial charge in [-0.25, -0.2) is 23.9 Å². The molecule has 2 aliphatic heterocycles. The first kappa shape index (κ1) is 30.3. The van der Waals surface area contributed by atoms with Gasteiger partial charge in [-0.1, -0.05) is 23.7 Å². The number of hydrogen-bond acceptors (Lipinski definition) is 10. The number of methoxy groups -OCH3 is 1. The Hall–Kier alpha value is -4.17. The highest BCUT2D eigenvalue weighted by atomic mass is 35.5. The van der Waals surface area contributed by atoms with Crippen molar-refractivity contribution < 1.29 is 28.6 Å². The van der Waals surface area contributed by atoms with Crippen LogP contribution in [0.2, 0.25) is 5.02 Å². The van der Waals surface area contributed by atoms with Crippen LogP contribution in [0.3, 0.4) is 0 Å². The first-order chi connectivity index (χ1) is 20.8. The van der Waals surface area contributed by atoms with Crippen molar-refractivity contribution in [1.29, 1.82) is 0 Å². The summed E-state index contributed by atoms with van der Waals surface area (Å²) in [7, 11) is 2.88. The predicted octanol–water partition coefficient (Wildman–Crippen LogP) is 2.45. The van der Waals surface area contributed by atoms with Crippen LogP contribution in [0.15, 0.2) is 74.9 Å². The van der Waals surface area contributed by atoms with Crippen molar-refractivity contribution >= 4 is 23.3 Å². The van der Waals surface area contributed by atoms with Crippen LogP contribution in [0.1, 0.15) is 24.8 Å². The van der Waals surface area contributed by atoms with Gasteiger partial charge in [-0.05, 0) is 61.2 Å². The summed E-state index contributed by atoms with van der Waals surface area (Å²) in [6.07, 6.45) is 3.28. The summed E-state index contributed by atoms with van der Waals surface area (Å²) >= 11 is 6.05. The number of hydroxylamine groups is 2. The van der Waals surface area contributed by atoms with Gasteiger partial charge in [0.1, 0.15) is 5.75 Å². The van der Waals surface area contributed by atoms with Crippen molar-refractivity contribution in [2.24, 2.45) is 4.99 Å². The van der Waals surface area contributed by atoms with E-state index in [1.165, 1.54) is 22.8 Å². The van der Waals surface area contributed by atoms with Gasteiger partial charge >= 0.3 is 17.3 Å². The molecule has 1 saturated heterocycles. The summed E-state index contributed by atoms with van der Waals surface area (Å²) in [6.45, 7) is 0.966. The number of carbonyl (C=O) groups excluding carboxylic acids is 1. The third-order valence-corrected chi connectivity index (χ3v) is 7.05. The number of rotatable bonds is 10. The smallest absolute Gasteiger partial charge is 0.375 e. The molecular formula is C29H32ClN5O8. The van der Waals surface area contributed by atoms with E-state index in [1.807, 2.05) is 0 Å². The largest absolute Gasteiger partial charge is 0.468 e. The van der Waals surface area contributed by atoms with Gasteiger partial charge in [-0.15, -0.1) is 5.06 Å². The molecule has 228 valence electrons. The Balaban J connectivity index is 1.40. The summed E-state index contributed by atoms with van der Waals surface area (Å²) in [4.78, 5) is 51.0. The van der Waals surface area contributed by atoms with E-state index in [0.29, 0.717) is 23.1 Å². The Morgan fingerprint density at radius 1 is 1.09 bits per heavy atom. The molecule has 1 fully saturated rings. The topological polar surface area (TPSA) is 139 Å². The van der Waals surface area contributed by atoms with E-state index >= 15 is 0 Å². The monoisotopic (exact) mass is 613 g/mol. The number of ether oxygens (including phenoxy) is 4. The fraction of sp³-hybridized carbons (Fsp3) is 0.379. The van der Waals surface area contributed by atoms with Crippen molar-refractivity contribution in [2.75, 3.05) is 27.4 Å². The third-order valence-electron chi connectivity index (χ3n) is 6.80. The fourth-order valence-electron chi connectivity index (χ4n) is 4.52. The van der Waals surface area contributed by atoms with E-state index in [1.54, 1.807) is 55.6 Å². The second-order valence-electron chi connectivity index (χ2n) is 9.84. The molecule has 0 bridgehead atoms. The van der Waals surface area contributed by atoms with Crippen LogP contribution >= 0.6 is 11.6 Å². The third kappa shape index (κ3) is 7.62. The average Bonchev–Trinajstić information content (AvgIpc) is 3.38. The number of esters is 1. The van der Waals surface area contributed by atoms with Gasteiger partial charge in [0.05, 0.1) is 32.5 Å². The Morgan fingerprint density at radius 3 is 2.56 bits per heavy atom. The fourth-order valence-corrected chi connectivity index (χ4v) is 4.65. The van der Waals surface area contributed by atoms with E-state index < -0.39 is 23.6 Å². The summed E-state index contributed by atoms with van der Waals surface area (Å²) in [6, 6.07) is 13.7. The minimum Gasteiger partial charge on any atom is -0.468 e. The second kappa shape index (κ2) is 13.9. The van der Waals surface area contributed by atoms with Crippen molar-refractivity contribution in [2.45, 2.75) is 44.9 Å². The lowest BCUT2D eigenvalue weighted by atomic mass is 10.2. The zero-order valence-electron chi connectivity index (χ0n) is 23.7. The highest BCUT2D eigenvalue weighted by Gasteiger charge is 2.30. The molecule has 13 nitrogen and oxygen atoms in total. The van der Waals surface area contributed by atoms with Gasteiger partial charge < -0.3 is 23.8 Å². The zero-order chi connectivity index (χ0) is 30.3. The minimum atomic E-state index is -0.656.